The molecule has 20 heavy (non-hydrogen) atoms. The van der Waals surface area contributed by atoms with E-state index in [0.717, 1.165) is 38.0 Å². The highest BCUT2D eigenvalue weighted by molar-refractivity contribution is 5.31. The van der Waals surface area contributed by atoms with Crippen molar-refractivity contribution in [1.29, 1.82) is 0 Å². The maximum Gasteiger partial charge on any atom is 0.225 e. The van der Waals surface area contributed by atoms with Crippen LogP contribution in [0, 0.1) is 0 Å². The molecule has 0 saturated carbocycles. The monoisotopic (exact) mass is 280 g/mol. The number of rotatable bonds is 6. The highest BCUT2D eigenvalue weighted by atomic mass is 16.5. The van der Waals surface area contributed by atoms with E-state index < -0.39 is 5.60 Å². The first kappa shape index (κ1) is 15.2. The van der Waals surface area contributed by atoms with Gasteiger partial charge in [0.15, 0.2) is 0 Å². The summed E-state index contributed by atoms with van der Waals surface area (Å²) in [7, 11) is 1.69. The molecule has 1 aliphatic rings. The first-order valence-electron chi connectivity index (χ1n) is 7.09. The summed E-state index contributed by atoms with van der Waals surface area (Å²) in [5.74, 6) is 0.700. The van der Waals surface area contributed by atoms with E-state index in [-0.39, 0.29) is 0 Å². The number of β-amino-alcohol motifs (C(OH)–C–C–N with tert-alkyl or cyclic N) is 1. The molecule has 1 aliphatic heterocycles. The molecule has 112 valence electrons. The summed E-state index contributed by atoms with van der Waals surface area (Å²) in [5, 5.41) is 13.4. The number of hydrogen-bond donors (Lipinski definition) is 2. The van der Waals surface area contributed by atoms with Crippen molar-refractivity contribution in [3.63, 3.8) is 0 Å². The summed E-state index contributed by atoms with van der Waals surface area (Å²) < 4.78 is 4.97. The Morgan fingerprint density at radius 1 is 1.45 bits per heavy atom. The topological polar surface area (TPSA) is 70.5 Å². The Morgan fingerprint density at radius 2 is 2.20 bits per heavy atom. The predicted octanol–water partition coefficient (Wildman–Crippen LogP) is 0.564. The Morgan fingerprint density at radius 3 is 2.85 bits per heavy atom. The quantitative estimate of drug-likeness (QED) is 0.742. The van der Waals surface area contributed by atoms with Crippen LogP contribution in [0.4, 0.5) is 5.95 Å². The molecule has 0 spiro atoms. The number of hydrogen-bond acceptors (Lipinski definition) is 6. The molecule has 0 amide bonds. The first-order valence-corrected chi connectivity index (χ1v) is 7.09. The molecule has 0 aromatic carbocycles. The summed E-state index contributed by atoms with van der Waals surface area (Å²) in [6.45, 7) is 5.61. The number of aromatic nitrogens is 2. The molecule has 0 bridgehead atoms. The van der Waals surface area contributed by atoms with Gasteiger partial charge in [-0.05, 0) is 19.8 Å². The third kappa shape index (κ3) is 4.40. The normalized spacial score (nSPS) is 23.1. The minimum absolute atomic E-state index is 0.596. The number of nitrogens with zero attached hydrogens (tertiary/aromatic N) is 3. The lowest BCUT2D eigenvalue weighted by molar-refractivity contribution is 0.0444. The Hall–Kier alpha value is -1.24. The van der Waals surface area contributed by atoms with Crippen LogP contribution in [-0.4, -0.2) is 54.0 Å². The van der Waals surface area contributed by atoms with Gasteiger partial charge in [0.1, 0.15) is 0 Å². The van der Waals surface area contributed by atoms with Gasteiger partial charge in [-0.15, -0.1) is 0 Å². The fourth-order valence-electron chi connectivity index (χ4n) is 2.40. The van der Waals surface area contributed by atoms with Crippen LogP contribution in [0.3, 0.4) is 0 Å². The van der Waals surface area contributed by atoms with Crippen molar-refractivity contribution in [3.05, 3.63) is 18.0 Å². The van der Waals surface area contributed by atoms with Gasteiger partial charge in [-0.1, -0.05) is 0 Å². The van der Waals surface area contributed by atoms with E-state index in [0.29, 0.717) is 19.1 Å². The summed E-state index contributed by atoms with van der Waals surface area (Å²) in [5.41, 5.74) is 0.413. The van der Waals surface area contributed by atoms with Gasteiger partial charge in [-0.25, -0.2) is 9.97 Å². The van der Waals surface area contributed by atoms with E-state index in [4.69, 9.17) is 4.74 Å². The zero-order chi connectivity index (χ0) is 14.4. The van der Waals surface area contributed by atoms with Gasteiger partial charge in [0.25, 0.3) is 0 Å². The maximum absolute atomic E-state index is 10.1. The summed E-state index contributed by atoms with van der Waals surface area (Å²) in [6.07, 6.45) is 5.48. The van der Waals surface area contributed by atoms with E-state index in [1.165, 1.54) is 0 Å². The highest BCUT2D eigenvalue weighted by Gasteiger charge is 2.29. The molecule has 1 unspecified atom stereocenters. The van der Waals surface area contributed by atoms with Crippen LogP contribution < -0.4 is 10.2 Å². The molecule has 0 aliphatic carbocycles. The highest BCUT2D eigenvalue weighted by Crippen LogP contribution is 2.22. The van der Waals surface area contributed by atoms with Gasteiger partial charge >= 0.3 is 0 Å². The summed E-state index contributed by atoms with van der Waals surface area (Å²) in [6, 6.07) is 0. The van der Waals surface area contributed by atoms with Crippen LogP contribution in [0.25, 0.3) is 0 Å². The van der Waals surface area contributed by atoms with Crippen molar-refractivity contribution < 1.29 is 9.84 Å². The fraction of sp³-hybridized carbons (Fsp3) is 0.714. The Kier molecular flexibility index (Phi) is 5.28. The van der Waals surface area contributed by atoms with Gasteiger partial charge in [-0.3, -0.25) is 0 Å². The average Bonchev–Trinajstić information content (AvgIpc) is 2.43. The third-order valence-electron chi connectivity index (χ3n) is 3.46. The van der Waals surface area contributed by atoms with Crippen molar-refractivity contribution in [2.75, 3.05) is 38.3 Å². The zero-order valence-electron chi connectivity index (χ0n) is 12.3. The largest absolute Gasteiger partial charge is 0.388 e. The van der Waals surface area contributed by atoms with Gasteiger partial charge in [-0.2, -0.15) is 0 Å². The van der Waals surface area contributed by atoms with Crippen LogP contribution in [0.2, 0.25) is 0 Å². The van der Waals surface area contributed by atoms with Crippen LogP contribution in [-0.2, 0) is 11.3 Å². The van der Waals surface area contributed by atoms with Crippen LogP contribution in [0.1, 0.15) is 25.3 Å². The second kappa shape index (κ2) is 6.97. The molecular weight excluding hydrogens is 256 g/mol. The number of piperidine rings is 1. The van der Waals surface area contributed by atoms with E-state index in [9.17, 15) is 5.11 Å². The molecule has 1 fully saturated rings. The molecule has 1 aromatic rings. The maximum atomic E-state index is 10.1. The summed E-state index contributed by atoms with van der Waals surface area (Å²) in [4.78, 5) is 10.8. The Bertz CT molecular complexity index is 408. The number of methoxy groups -OCH3 is 1. The average molecular weight is 280 g/mol. The second-order valence-corrected chi connectivity index (χ2v) is 5.58. The molecule has 1 atom stereocenters. The number of aliphatic hydroxyl groups is 1. The van der Waals surface area contributed by atoms with E-state index in [1.807, 2.05) is 24.2 Å². The predicted molar refractivity (Wildman–Crippen MR) is 77.7 cm³/mol. The van der Waals surface area contributed by atoms with E-state index >= 15 is 0 Å². The van der Waals surface area contributed by atoms with Crippen LogP contribution >= 0.6 is 0 Å². The van der Waals surface area contributed by atoms with Crippen LogP contribution in [0.5, 0.6) is 0 Å². The van der Waals surface area contributed by atoms with Crippen molar-refractivity contribution in [3.8, 4) is 0 Å². The SMILES string of the molecule is COCCNCc1cnc(N2CCCC(C)(O)C2)nc1. The molecule has 2 N–H and O–H groups in total. The molecule has 2 rings (SSSR count). The van der Waals surface area contributed by atoms with Gasteiger partial charge in [0.2, 0.25) is 5.95 Å². The van der Waals surface area contributed by atoms with E-state index in [2.05, 4.69) is 15.3 Å². The third-order valence-corrected chi connectivity index (χ3v) is 3.46. The van der Waals surface area contributed by atoms with Crippen molar-refractivity contribution in [2.45, 2.75) is 31.9 Å². The lowest BCUT2D eigenvalue weighted by Crippen LogP contribution is -2.46. The zero-order valence-corrected chi connectivity index (χ0v) is 12.3. The minimum atomic E-state index is -0.637. The Labute approximate surface area is 120 Å². The molecular formula is C14H24N4O2. The molecule has 6 heteroatoms. The minimum Gasteiger partial charge on any atom is -0.388 e. The van der Waals surface area contributed by atoms with Gasteiger partial charge < -0.3 is 20.1 Å². The fourth-order valence-corrected chi connectivity index (χ4v) is 2.40. The molecule has 6 nitrogen and oxygen atoms in total. The van der Waals surface area contributed by atoms with Crippen molar-refractivity contribution >= 4 is 5.95 Å². The molecule has 1 aromatic heterocycles. The number of nitrogens with one attached hydrogen (secondary N) is 1. The number of ether oxygens (including phenoxy) is 1. The Balaban J connectivity index is 1.87. The van der Waals surface area contributed by atoms with Crippen molar-refractivity contribution in [1.82, 2.24) is 15.3 Å². The lowest BCUT2D eigenvalue weighted by Gasteiger charge is -2.36. The lowest BCUT2D eigenvalue weighted by atomic mass is 9.95. The van der Waals surface area contributed by atoms with Gasteiger partial charge in [0.05, 0.1) is 12.2 Å². The smallest absolute Gasteiger partial charge is 0.225 e. The second-order valence-electron chi connectivity index (χ2n) is 5.58. The van der Waals surface area contributed by atoms with Crippen LogP contribution in [0.15, 0.2) is 12.4 Å². The molecule has 0 radical (unpaired) electrons. The first-order chi connectivity index (χ1) is 9.61. The van der Waals surface area contributed by atoms with E-state index in [1.54, 1.807) is 7.11 Å². The molecule has 1 saturated heterocycles. The van der Waals surface area contributed by atoms with Gasteiger partial charge in [0, 0.05) is 51.2 Å². The summed E-state index contributed by atoms with van der Waals surface area (Å²) >= 11 is 0. The molecule has 2 heterocycles. The van der Waals surface area contributed by atoms with Crippen molar-refractivity contribution in [2.24, 2.45) is 0 Å². The standard InChI is InChI=1S/C14H24N4O2/c1-14(19)4-3-6-18(11-14)13-16-9-12(10-17-13)8-15-5-7-20-2/h9-10,15,19H,3-8,11H2,1-2H3. The number of anilines is 1.